The Bertz CT molecular complexity index is 499. The van der Waals surface area contributed by atoms with Crippen molar-refractivity contribution in [2.75, 3.05) is 13.1 Å². The first-order valence-corrected chi connectivity index (χ1v) is 8.15. The second-order valence-electron chi connectivity index (χ2n) is 7.06. The molecule has 3 nitrogen and oxygen atoms in total. The van der Waals surface area contributed by atoms with Crippen LogP contribution in [0.3, 0.4) is 0 Å². The summed E-state index contributed by atoms with van der Waals surface area (Å²) < 4.78 is 13.4. The molecule has 116 valence electrons. The minimum atomic E-state index is -0.239. The van der Waals surface area contributed by atoms with Crippen molar-refractivity contribution < 1.29 is 4.39 Å². The largest absolute Gasteiger partial charge is 0.308 e. The Morgan fingerprint density at radius 2 is 2.10 bits per heavy atom. The number of halogens is 1. The molecule has 1 aliphatic heterocycles. The molecule has 0 radical (unpaired) electrons. The quantitative estimate of drug-likeness (QED) is 0.927. The van der Waals surface area contributed by atoms with Gasteiger partial charge < -0.3 is 5.32 Å². The number of aromatic nitrogens is 1. The molecule has 1 unspecified atom stereocenters. The molecule has 2 aliphatic rings. The highest BCUT2D eigenvalue weighted by molar-refractivity contribution is 5.13. The second kappa shape index (κ2) is 5.65. The lowest BCUT2D eigenvalue weighted by Gasteiger charge is -2.52. The summed E-state index contributed by atoms with van der Waals surface area (Å²) in [7, 11) is 0. The average molecular weight is 291 g/mol. The van der Waals surface area contributed by atoms with Crippen molar-refractivity contribution in [1.29, 1.82) is 0 Å². The molecule has 2 heterocycles. The number of hydrogen-bond acceptors (Lipinski definition) is 3. The van der Waals surface area contributed by atoms with E-state index in [1.165, 1.54) is 31.9 Å². The number of pyridine rings is 1. The standard InChI is InChI=1S/C17H26FN3/c1-3-16(2)12-20-17(6-4-5-7-17)13-21(16)11-14-8-15(18)10-19-9-14/h8-10,20H,3-7,11-13H2,1-2H3. The van der Waals surface area contributed by atoms with E-state index in [0.717, 1.165) is 31.6 Å². The number of rotatable bonds is 3. The van der Waals surface area contributed by atoms with Crippen LogP contribution in [0.2, 0.25) is 0 Å². The van der Waals surface area contributed by atoms with Gasteiger partial charge in [0, 0.05) is 36.9 Å². The molecule has 1 aliphatic carbocycles. The van der Waals surface area contributed by atoms with Crippen molar-refractivity contribution in [3.63, 3.8) is 0 Å². The summed E-state index contributed by atoms with van der Waals surface area (Å²) in [5, 5.41) is 3.83. The zero-order chi connectivity index (χ0) is 14.9. The molecule has 1 aromatic rings. The second-order valence-corrected chi connectivity index (χ2v) is 7.06. The van der Waals surface area contributed by atoms with Crippen LogP contribution in [-0.4, -0.2) is 34.1 Å². The summed E-state index contributed by atoms with van der Waals surface area (Å²) in [4.78, 5) is 6.54. The summed E-state index contributed by atoms with van der Waals surface area (Å²) in [6.07, 6.45) is 9.35. The Hall–Kier alpha value is -1.00. The third kappa shape index (κ3) is 2.97. The van der Waals surface area contributed by atoms with E-state index >= 15 is 0 Å². The number of hydrogen-bond donors (Lipinski definition) is 1. The molecule has 1 saturated carbocycles. The molecule has 4 heteroatoms. The van der Waals surface area contributed by atoms with Crippen LogP contribution in [0.4, 0.5) is 4.39 Å². The first kappa shape index (κ1) is 14.9. The molecule has 1 N–H and O–H groups in total. The summed E-state index contributed by atoms with van der Waals surface area (Å²) in [6, 6.07) is 1.62. The van der Waals surface area contributed by atoms with Gasteiger partial charge in [-0.2, -0.15) is 0 Å². The van der Waals surface area contributed by atoms with Crippen molar-refractivity contribution in [1.82, 2.24) is 15.2 Å². The fourth-order valence-corrected chi connectivity index (χ4v) is 3.85. The average Bonchev–Trinajstić information content (AvgIpc) is 2.92. The van der Waals surface area contributed by atoms with Crippen LogP contribution in [0.1, 0.15) is 51.5 Å². The van der Waals surface area contributed by atoms with E-state index in [-0.39, 0.29) is 16.9 Å². The summed E-state index contributed by atoms with van der Waals surface area (Å²) in [5.41, 5.74) is 1.40. The van der Waals surface area contributed by atoms with Gasteiger partial charge in [0.2, 0.25) is 0 Å². The maximum atomic E-state index is 13.4. The number of piperazine rings is 1. The Kier molecular flexibility index (Phi) is 4.02. The predicted molar refractivity (Wildman–Crippen MR) is 82.5 cm³/mol. The van der Waals surface area contributed by atoms with Crippen molar-refractivity contribution in [2.45, 2.75) is 63.6 Å². The van der Waals surface area contributed by atoms with Gasteiger partial charge in [0.1, 0.15) is 5.82 Å². The van der Waals surface area contributed by atoms with E-state index in [2.05, 4.69) is 29.0 Å². The van der Waals surface area contributed by atoms with Gasteiger partial charge in [-0.15, -0.1) is 0 Å². The highest BCUT2D eigenvalue weighted by Crippen LogP contribution is 2.37. The lowest BCUT2D eigenvalue weighted by atomic mass is 9.85. The zero-order valence-corrected chi connectivity index (χ0v) is 13.2. The Labute approximate surface area is 126 Å². The predicted octanol–water partition coefficient (Wildman–Crippen LogP) is 3.11. The van der Waals surface area contributed by atoms with Crippen LogP contribution in [0.25, 0.3) is 0 Å². The monoisotopic (exact) mass is 291 g/mol. The number of nitrogens with one attached hydrogen (secondary N) is 1. The minimum absolute atomic E-state index is 0.139. The van der Waals surface area contributed by atoms with Crippen LogP contribution >= 0.6 is 0 Å². The lowest BCUT2D eigenvalue weighted by Crippen LogP contribution is -2.67. The molecule has 1 spiro atoms. The lowest BCUT2D eigenvalue weighted by molar-refractivity contribution is 0.00766. The van der Waals surface area contributed by atoms with Gasteiger partial charge in [-0.05, 0) is 37.8 Å². The van der Waals surface area contributed by atoms with Gasteiger partial charge in [-0.1, -0.05) is 19.8 Å². The van der Waals surface area contributed by atoms with Crippen LogP contribution in [0.15, 0.2) is 18.5 Å². The molecular formula is C17H26FN3. The van der Waals surface area contributed by atoms with Crippen molar-refractivity contribution in [3.05, 3.63) is 29.8 Å². The van der Waals surface area contributed by atoms with E-state index in [9.17, 15) is 4.39 Å². The Morgan fingerprint density at radius 3 is 2.76 bits per heavy atom. The van der Waals surface area contributed by atoms with Gasteiger partial charge >= 0.3 is 0 Å². The summed E-state index contributed by atoms with van der Waals surface area (Å²) in [5.74, 6) is -0.239. The maximum Gasteiger partial charge on any atom is 0.141 e. The summed E-state index contributed by atoms with van der Waals surface area (Å²) >= 11 is 0. The first-order chi connectivity index (χ1) is 10.1. The number of nitrogens with zero attached hydrogens (tertiary/aromatic N) is 2. The van der Waals surface area contributed by atoms with Gasteiger partial charge in [0.05, 0.1) is 6.20 Å². The Balaban J connectivity index is 1.80. The van der Waals surface area contributed by atoms with E-state index in [0.29, 0.717) is 0 Å². The van der Waals surface area contributed by atoms with Gasteiger partial charge in [-0.25, -0.2) is 4.39 Å². The molecule has 0 amide bonds. The van der Waals surface area contributed by atoms with Gasteiger partial charge in [-0.3, -0.25) is 9.88 Å². The van der Waals surface area contributed by atoms with E-state index in [1.807, 2.05) is 0 Å². The molecule has 1 saturated heterocycles. The Morgan fingerprint density at radius 1 is 1.33 bits per heavy atom. The van der Waals surface area contributed by atoms with Crippen LogP contribution < -0.4 is 5.32 Å². The fourth-order valence-electron chi connectivity index (χ4n) is 3.85. The third-order valence-corrected chi connectivity index (χ3v) is 5.56. The SMILES string of the molecule is CCC1(C)CNC2(CCCC2)CN1Cc1cncc(F)c1. The maximum absolute atomic E-state index is 13.4. The van der Waals surface area contributed by atoms with Crippen LogP contribution in [0, 0.1) is 5.82 Å². The van der Waals surface area contributed by atoms with Crippen molar-refractivity contribution in [2.24, 2.45) is 0 Å². The molecule has 0 bridgehead atoms. The zero-order valence-electron chi connectivity index (χ0n) is 13.2. The van der Waals surface area contributed by atoms with Crippen molar-refractivity contribution in [3.8, 4) is 0 Å². The van der Waals surface area contributed by atoms with Crippen molar-refractivity contribution >= 4 is 0 Å². The van der Waals surface area contributed by atoms with Gasteiger partial charge in [0.15, 0.2) is 0 Å². The van der Waals surface area contributed by atoms with Gasteiger partial charge in [0.25, 0.3) is 0 Å². The molecule has 2 fully saturated rings. The summed E-state index contributed by atoms with van der Waals surface area (Å²) in [6.45, 7) is 7.43. The van der Waals surface area contributed by atoms with E-state index in [4.69, 9.17) is 0 Å². The molecule has 21 heavy (non-hydrogen) atoms. The molecule has 3 rings (SSSR count). The van der Waals surface area contributed by atoms with Crippen LogP contribution in [0.5, 0.6) is 0 Å². The molecule has 1 atom stereocenters. The molecule has 1 aromatic heterocycles. The minimum Gasteiger partial charge on any atom is -0.308 e. The smallest absolute Gasteiger partial charge is 0.141 e. The molecular weight excluding hydrogens is 265 g/mol. The highest BCUT2D eigenvalue weighted by atomic mass is 19.1. The topological polar surface area (TPSA) is 28.2 Å². The third-order valence-electron chi connectivity index (χ3n) is 5.56. The van der Waals surface area contributed by atoms with E-state index < -0.39 is 0 Å². The highest BCUT2D eigenvalue weighted by Gasteiger charge is 2.45. The first-order valence-electron chi connectivity index (χ1n) is 8.15. The molecule has 0 aromatic carbocycles. The fraction of sp³-hybridized carbons (Fsp3) is 0.706. The van der Waals surface area contributed by atoms with E-state index in [1.54, 1.807) is 12.3 Å². The van der Waals surface area contributed by atoms with Crippen LogP contribution in [-0.2, 0) is 6.54 Å². The normalized spacial score (nSPS) is 29.1.